The first-order chi connectivity index (χ1) is 14.9. The van der Waals surface area contributed by atoms with Crippen molar-refractivity contribution < 1.29 is 23.3 Å². The lowest BCUT2D eigenvalue weighted by Gasteiger charge is -2.28. The van der Waals surface area contributed by atoms with Crippen molar-refractivity contribution in [2.45, 2.75) is 13.0 Å². The van der Waals surface area contributed by atoms with E-state index in [0.29, 0.717) is 34.3 Å². The highest BCUT2D eigenvalue weighted by Crippen LogP contribution is 2.31. The highest BCUT2D eigenvalue weighted by Gasteiger charge is 2.38. The molecule has 2 aliphatic rings. The molecular formula is C22H15BrFN3O4. The highest BCUT2D eigenvalue weighted by molar-refractivity contribution is 9.10. The van der Waals surface area contributed by atoms with Crippen LogP contribution in [-0.4, -0.2) is 45.8 Å². The molecular weight excluding hydrogens is 469 g/mol. The third-order valence-corrected chi connectivity index (χ3v) is 6.02. The van der Waals surface area contributed by atoms with Crippen molar-refractivity contribution in [3.8, 4) is 11.3 Å². The molecule has 3 heterocycles. The van der Waals surface area contributed by atoms with E-state index in [1.54, 1.807) is 35.2 Å². The Morgan fingerprint density at radius 2 is 1.84 bits per heavy atom. The van der Waals surface area contributed by atoms with Crippen LogP contribution in [0, 0.1) is 5.82 Å². The zero-order chi connectivity index (χ0) is 21.7. The number of nitrogens with zero attached hydrogens (tertiary/aromatic N) is 3. The van der Waals surface area contributed by atoms with Gasteiger partial charge in [-0.3, -0.25) is 19.3 Å². The van der Waals surface area contributed by atoms with Gasteiger partial charge in [-0.25, -0.2) is 4.39 Å². The summed E-state index contributed by atoms with van der Waals surface area (Å²) < 4.78 is 19.4. The lowest BCUT2D eigenvalue weighted by atomic mass is 10.0. The molecule has 0 bridgehead atoms. The molecule has 1 aromatic heterocycles. The quantitative estimate of drug-likeness (QED) is 0.533. The number of carbonyl (C=O) groups excluding carboxylic acids is 3. The fourth-order valence-electron chi connectivity index (χ4n) is 3.90. The third kappa shape index (κ3) is 3.34. The van der Waals surface area contributed by atoms with Gasteiger partial charge in [-0.1, -0.05) is 21.1 Å². The van der Waals surface area contributed by atoms with Gasteiger partial charge in [-0.05, 0) is 42.5 Å². The number of benzene rings is 2. The van der Waals surface area contributed by atoms with Crippen molar-refractivity contribution in [2.75, 3.05) is 13.1 Å². The lowest BCUT2D eigenvalue weighted by Crippen LogP contribution is -2.44. The van der Waals surface area contributed by atoms with Crippen molar-refractivity contribution in [1.82, 2.24) is 15.0 Å². The van der Waals surface area contributed by atoms with Crippen molar-refractivity contribution in [1.29, 1.82) is 0 Å². The van der Waals surface area contributed by atoms with E-state index in [1.165, 1.54) is 12.1 Å². The SMILES string of the molecule is O=C(CN1C(=O)c2ccc(Br)cc2C1=O)N1CCc2noc(-c3ccc(F)cc3)c2C1. The summed E-state index contributed by atoms with van der Waals surface area (Å²) in [5.74, 6) is -1.18. The molecule has 156 valence electrons. The Balaban J connectivity index is 1.35. The van der Waals surface area contributed by atoms with E-state index in [-0.39, 0.29) is 30.4 Å². The number of carbonyl (C=O) groups is 3. The maximum Gasteiger partial charge on any atom is 0.262 e. The van der Waals surface area contributed by atoms with E-state index >= 15 is 0 Å². The van der Waals surface area contributed by atoms with Gasteiger partial charge in [0.05, 0.1) is 23.4 Å². The fourth-order valence-corrected chi connectivity index (χ4v) is 4.26. The van der Waals surface area contributed by atoms with Crippen molar-refractivity contribution in [3.63, 3.8) is 0 Å². The second-order valence-electron chi connectivity index (χ2n) is 7.40. The number of imide groups is 1. The zero-order valence-corrected chi connectivity index (χ0v) is 17.7. The number of amides is 3. The van der Waals surface area contributed by atoms with Crippen LogP contribution >= 0.6 is 15.9 Å². The van der Waals surface area contributed by atoms with Gasteiger partial charge in [-0.15, -0.1) is 0 Å². The van der Waals surface area contributed by atoms with Gasteiger partial charge in [-0.2, -0.15) is 0 Å². The highest BCUT2D eigenvalue weighted by atomic mass is 79.9. The van der Waals surface area contributed by atoms with Gasteiger partial charge in [0, 0.05) is 28.6 Å². The Kier molecular flexibility index (Phi) is 4.70. The minimum atomic E-state index is -0.482. The van der Waals surface area contributed by atoms with Crippen molar-refractivity contribution in [2.24, 2.45) is 0 Å². The Labute approximate surface area is 184 Å². The average Bonchev–Trinajstić information content (AvgIpc) is 3.29. The molecule has 5 rings (SSSR count). The van der Waals surface area contributed by atoms with E-state index in [0.717, 1.165) is 16.2 Å². The molecule has 0 saturated carbocycles. The molecule has 0 atom stereocenters. The van der Waals surface area contributed by atoms with E-state index < -0.39 is 11.8 Å². The molecule has 2 aromatic carbocycles. The van der Waals surface area contributed by atoms with Gasteiger partial charge >= 0.3 is 0 Å². The van der Waals surface area contributed by atoms with E-state index in [9.17, 15) is 18.8 Å². The van der Waals surface area contributed by atoms with Crippen LogP contribution in [0.3, 0.4) is 0 Å². The third-order valence-electron chi connectivity index (χ3n) is 5.52. The van der Waals surface area contributed by atoms with Crippen LogP contribution in [0.15, 0.2) is 51.5 Å². The van der Waals surface area contributed by atoms with Gasteiger partial charge in [0.25, 0.3) is 11.8 Å². The van der Waals surface area contributed by atoms with Crippen LogP contribution in [-0.2, 0) is 17.8 Å². The van der Waals surface area contributed by atoms with Gasteiger partial charge < -0.3 is 9.42 Å². The minimum Gasteiger partial charge on any atom is -0.356 e. The largest absolute Gasteiger partial charge is 0.356 e. The van der Waals surface area contributed by atoms with Crippen molar-refractivity contribution in [3.05, 3.63) is 75.1 Å². The summed E-state index contributed by atoms with van der Waals surface area (Å²) in [6, 6.07) is 10.7. The molecule has 2 aliphatic heterocycles. The Bertz CT molecular complexity index is 1240. The summed E-state index contributed by atoms with van der Waals surface area (Å²) in [5, 5.41) is 4.08. The van der Waals surface area contributed by atoms with E-state index in [4.69, 9.17) is 4.52 Å². The first-order valence-electron chi connectivity index (χ1n) is 9.59. The topological polar surface area (TPSA) is 83.7 Å². The second kappa shape index (κ2) is 7.42. The molecule has 0 N–H and O–H groups in total. The molecule has 3 amide bonds. The van der Waals surface area contributed by atoms with Gasteiger partial charge in [0.2, 0.25) is 5.91 Å². The number of hydrogen-bond donors (Lipinski definition) is 0. The Hall–Kier alpha value is -3.33. The summed E-state index contributed by atoms with van der Waals surface area (Å²) in [7, 11) is 0. The number of halogens is 2. The summed E-state index contributed by atoms with van der Waals surface area (Å²) in [5.41, 5.74) is 2.73. The Morgan fingerprint density at radius 3 is 2.61 bits per heavy atom. The first-order valence-corrected chi connectivity index (χ1v) is 10.4. The standard InChI is InChI=1S/C22H15BrFN3O4/c23-13-3-6-15-16(9-13)22(30)27(21(15)29)11-19(28)26-8-7-18-17(10-26)20(31-25-18)12-1-4-14(24)5-2-12/h1-6,9H,7-8,10-11H2. The van der Waals surface area contributed by atoms with Crippen LogP contribution in [0.25, 0.3) is 11.3 Å². The van der Waals surface area contributed by atoms with Crippen LogP contribution in [0.4, 0.5) is 4.39 Å². The van der Waals surface area contributed by atoms with E-state index in [1.807, 2.05) is 0 Å². The predicted octanol–water partition coefficient (Wildman–Crippen LogP) is 3.42. The molecule has 3 aromatic rings. The monoisotopic (exact) mass is 483 g/mol. The number of rotatable bonds is 3. The average molecular weight is 484 g/mol. The van der Waals surface area contributed by atoms with Crippen molar-refractivity contribution >= 4 is 33.7 Å². The zero-order valence-electron chi connectivity index (χ0n) is 16.1. The summed E-state index contributed by atoms with van der Waals surface area (Å²) in [6.45, 7) is 0.297. The second-order valence-corrected chi connectivity index (χ2v) is 8.31. The number of fused-ring (bicyclic) bond motifs is 2. The maximum atomic E-state index is 13.3. The molecule has 0 radical (unpaired) electrons. The predicted molar refractivity (Wildman–Crippen MR) is 111 cm³/mol. The minimum absolute atomic E-state index is 0.235. The maximum absolute atomic E-state index is 13.3. The first kappa shape index (κ1) is 19.6. The molecule has 0 spiro atoms. The smallest absolute Gasteiger partial charge is 0.262 e. The molecule has 0 fully saturated rings. The summed E-state index contributed by atoms with van der Waals surface area (Å²) >= 11 is 3.29. The van der Waals surface area contributed by atoms with E-state index in [2.05, 4.69) is 21.1 Å². The molecule has 0 unspecified atom stereocenters. The summed E-state index contributed by atoms with van der Waals surface area (Å²) in [4.78, 5) is 40.8. The number of hydrogen-bond acceptors (Lipinski definition) is 5. The molecule has 9 heteroatoms. The molecule has 0 saturated heterocycles. The number of aromatic nitrogens is 1. The van der Waals surface area contributed by atoms with Crippen LogP contribution < -0.4 is 0 Å². The molecule has 0 aliphatic carbocycles. The van der Waals surface area contributed by atoms with Gasteiger partial charge in [0.15, 0.2) is 5.76 Å². The fraction of sp³-hybridized carbons (Fsp3) is 0.182. The van der Waals surface area contributed by atoms with Gasteiger partial charge in [0.1, 0.15) is 12.4 Å². The van der Waals surface area contributed by atoms with Crippen LogP contribution in [0.2, 0.25) is 0 Å². The Morgan fingerprint density at radius 1 is 1.10 bits per heavy atom. The molecule has 31 heavy (non-hydrogen) atoms. The normalized spacial score (nSPS) is 15.3. The molecule has 7 nitrogen and oxygen atoms in total. The lowest BCUT2D eigenvalue weighted by molar-refractivity contribution is -0.132. The summed E-state index contributed by atoms with van der Waals surface area (Å²) in [6.07, 6.45) is 0.487. The van der Waals surface area contributed by atoms with Crippen LogP contribution in [0.5, 0.6) is 0 Å². The van der Waals surface area contributed by atoms with Crippen LogP contribution in [0.1, 0.15) is 32.0 Å².